The van der Waals surface area contributed by atoms with Gasteiger partial charge in [-0.25, -0.2) is 4.79 Å². The van der Waals surface area contributed by atoms with Gasteiger partial charge >= 0.3 is 12.0 Å². The SMILES string of the molecule is COC(=O)c1ccc(COc2nnc3ccccn23)o1. The maximum atomic E-state index is 11.3. The molecule has 0 aliphatic rings. The predicted molar refractivity (Wildman–Crippen MR) is 67.4 cm³/mol. The first-order chi connectivity index (χ1) is 9.78. The lowest BCUT2D eigenvalue weighted by molar-refractivity contribution is 0.0560. The third-order valence-corrected chi connectivity index (χ3v) is 2.67. The van der Waals surface area contributed by atoms with Crippen LogP contribution in [0.25, 0.3) is 5.65 Å². The van der Waals surface area contributed by atoms with E-state index < -0.39 is 5.97 Å². The van der Waals surface area contributed by atoms with Crippen molar-refractivity contribution in [2.75, 3.05) is 7.11 Å². The van der Waals surface area contributed by atoms with Crippen LogP contribution in [-0.4, -0.2) is 27.7 Å². The lowest BCUT2D eigenvalue weighted by atomic mass is 10.4. The minimum atomic E-state index is -0.524. The summed E-state index contributed by atoms with van der Waals surface area (Å²) in [7, 11) is 1.30. The zero-order valence-electron chi connectivity index (χ0n) is 10.6. The van der Waals surface area contributed by atoms with E-state index in [1.54, 1.807) is 16.7 Å². The Bertz CT molecular complexity index is 747. The normalized spacial score (nSPS) is 10.7. The number of fused-ring (bicyclic) bond motifs is 1. The van der Waals surface area contributed by atoms with Crippen molar-refractivity contribution >= 4 is 11.6 Å². The molecule has 0 saturated carbocycles. The van der Waals surface area contributed by atoms with Crippen LogP contribution in [0.5, 0.6) is 6.01 Å². The Labute approximate surface area is 113 Å². The second-order valence-corrected chi connectivity index (χ2v) is 3.96. The summed E-state index contributed by atoms with van der Waals surface area (Å²) < 4.78 is 17.1. The van der Waals surface area contributed by atoms with E-state index in [1.807, 2.05) is 18.2 Å². The lowest BCUT2D eigenvalue weighted by Gasteiger charge is -2.01. The number of hydrogen-bond donors (Lipinski definition) is 0. The number of carbonyl (C=O) groups excluding carboxylic acids is 1. The molecule has 0 aromatic carbocycles. The van der Waals surface area contributed by atoms with E-state index in [0.29, 0.717) is 17.4 Å². The topological polar surface area (TPSA) is 78.9 Å². The van der Waals surface area contributed by atoms with Crippen molar-refractivity contribution in [3.8, 4) is 6.01 Å². The highest BCUT2D eigenvalue weighted by atomic mass is 16.5. The average molecular weight is 273 g/mol. The largest absolute Gasteiger partial charge is 0.463 e. The van der Waals surface area contributed by atoms with Crippen molar-refractivity contribution in [1.29, 1.82) is 0 Å². The molecule has 0 aliphatic heterocycles. The van der Waals surface area contributed by atoms with E-state index in [4.69, 9.17) is 9.15 Å². The van der Waals surface area contributed by atoms with Crippen molar-refractivity contribution in [3.05, 3.63) is 48.0 Å². The highest BCUT2D eigenvalue weighted by Crippen LogP contribution is 2.14. The molecular formula is C13H11N3O4. The summed E-state index contributed by atoms with van der Waals surface area (Å²) in [6.07, 6.45) is 1.80. The van der Waals surface area contributed by atoms with Crippen LogP contribution in [0.15, 0.2) is 40.9 Å². The minimum Gasteiger partial charge on any atom is -0.463 e. The summed E-state index contributed by atoms with van der Waals surface area (Å²) in [5.41, 5.74) is 0.692. The Morgan fingerprint density at radius 1 is 1.30 bits per heavy atom. The van der Waals surface area contributed by atoms with Gasteiger partial charge in [-0.1, -0.05) is 11.2 Å². The highest BCUT2D eigenvalue weighted by Gasteiger charge is 2.12. The summed E-state index contributed by atoms with van der Waals surface area (Å²) >= 11 is 0. The molecular weight excluding hydrogens is 262 g/mol. The van der Waals surface area contributed by atoms with E-state index in [0.717, 1.165) is 0 Å². The number of esters is 1. The van der Waals surface area contributed by atoms with Crippen molar-refractivity contribution in [3.63, 3.8) is 0 Å². The fourth-order valence-electron chi connectivity index (χ4n) is 1.72. The first-order valence-electron chi connectivity index (χ1n) is 5.87. The Morgan fingerprint density at radius 2 is 2.20 bits per heavy atom. The molecule has 3 aromatic heterocycles. The molecule has 0 saturated heterocycles. The average Bonchev–Trinajstić information content (AvgIpc) is 3.11. The smallest absolute Gasteiger partial charge is 0.373 e. The lowest BCUT2D eigenvalue weighted by Crippen LogP contribution is -2.00. The number of ether oxygens (including phenoxy) is 2. The van der Waals surface area contributed by atoms with E-state index in [2.05, 4.69) is 14.9 Å². The number of aromatic nitrogens is 3. The second-order valence-electron chi connectivity index (χ2n) is 3.96. The first kappa shape index (κ1) is 12.2. The van der Waals surface area contributed by atoms with Crippen LogP contribution < -0.4 is 4.74 Å². The van der Waals surface area contributed by atoms with Crippen LogP contribution in [0.2, 0.25) is 0 Å². The summed E-state index contributed by atoms with van der Waals surface area (Å²) in [6, 6.07) is 9.08. The van der Waals surface area contributed by atoms with Gasteiger partial charge in [0.25, 0.3) is 0 Å². The van der Waals surface area contributed by atoms with Crippen LogP contribution >= 0.6 is 0 Å². The molecule has 0 N–H and O–H groups in total. The Balaban J connectivity index is 1.73. The fraction of sp³-hybridized carbons (Fsp3) is 0.154. The zero-order chi connectivity index (χ0) is 13.9. The molecule has 3 rings (SSSR count). The van der Waals surface area contributed by atoms with Crippen LogP contribution in [0.1, 0.15) is 16.3 Å². The zero-order valence-corrected chi connectivity index (χ0v) is 10.6. The summed E-state index contributed by atoms with van der Waals surface area (Å²) in [6.45, 7) is 0.146. The number of furan rings is 1. The molecule has 3 aromatic rings. The molecule has 0 radical (unpaired) electrons. The van der Waals surface area contributed by atoms with Gasteiger partial charge in [0.05, 0.1) is 7.11 Å². The van der Waals surface area contributed by atoms with Gasteiger partial charge in [0.1, 0.15) is 12.4 Å². The maximum Gasteiger partial charge on any atom is 0.373 e. The van der Waals surface area contributed by atoms with E-state index >= 15 is 0 Å². The van der Waals surface area contributed by atoms with Gasteiger partial charge in [0.2, 0.25) is 5.76 Å². The van der Waals surface area contributed by atoms with Gasteiger partial charge in [-0.3, -0.25) is 4.40 Å². The van der Waals surface area contributed by atoms with Crippen LogP contribution in [0, 0.1) is 0 Å². The van der Waals surface area contributed by atoms with Gasteiger partial charge in [-0.15, -0.1) is 5.10 Å². The van der Waals surface area contributed by atoms with Crippen molar-refractivity contribution in [2.45, 2.75) is 6.61 Å². The molecule has 0 amide bonds. The summed E-state index contributed by atoms with van der Waals surface area (Å²) in [5.74, 6) is 0.111. The van der Waals surface area contributed by atoms with Gasteiger partial charge in [-0.2, -0.15) is 0 Å². The maximum absolute atomic E-state index is 11.3. The first-order valence-corrected chi connectivity index (χ1v) is 5.87. The van der Waals surface area contributed by atoms with Gasteiger partial charge < -0.3 is 13.9 Å². The predicted octanol–water partition coefficient (Wildman–Crippen LogP) is 1.69. The highest BCUT2D eigenvalue weighted by molar-refractivity contribution is 5.86. The monoisotopic (exact) mass is 273 g/mol. The number of nitrogens with zero attached hydrogens (tertiary/aromatic N) is 3. The number of methoxy groups -OCH3 is 1. The summed E-state index contributed by atoms with van der Waals surface area (Å²) in [4.78, 5) is 11.3. The molecule has 7 heteroatoms. The molecule has 20 heavy (non-hydrogen) atoms. The van der Waals surface area contributed by atoms with Crippen LogP contribution in [0.4, 0.5) is 0 Å². The van der Waals surface area contributed by atoms with Gasteiger partial charge in [0, 0.05) is 6.20 Å². The van der Waals surface area contributed by atoms with E-state index in [9.17, 15) is 4.79 Å². The molecule has 7 nitrogen and oxygen atoms in total. The van der Waals surface area contributed by atoms with E-state index in [-0.39, 0.29) is 12.4 Å². The third-order valence-electron chi connectivity index (χ3n) is 2.67. The van der Waals surface area contributed by atoms with Crippen molar-refractivity contribution < 1.29 is 18.7 Å². The van der Waals surface area contributed by atoms with Crippen LogP contribution in [0.3, 0.4) is 0 Å². The number of hydrogen-bond acceptors (Lipinski definition) is 6. The molecule has 0 fully saturated rings. The quantitative estimate of drug-likeness (QED) is 0.673. The van der Waals surface area contributed by atoms with E-state index in [1.165, 1.54) is 13.2 Å². The number of pyridine rings is 1. The third kappa shape index (κ3) is 2.20. The molecule has 3 heterocycles. The number of carbonyl (C=O) groups is 1. The molecule has 102 valence electrons. The van der Waals surface area contributed by atoms with Gasteiger partial charge in [-0.05, 0) is 24.3 Å². The second kappa shape index (κ2) is 5.04. The number of rotatable bonds is 4. The fourth-order valence-corrected chi connectivity index (χ4v) is 1.72. The van der Waals surface area contributed by atoms with Crippen molar-refractivity contribution in [1.82, 2.24) is 14.6 Å². The van der Waals surface area contributed by atoms with Gasteiger partial charge in [0.15, 0.2) is 5.65 Å². The summed E-state index contributed by atoms with van der Waals surface area (Å²) in [5, 5.41) is 7.89. The minimum absolute atomic E-state index is 0.136. The molecule has 0 bridgehead atoms. The molecule has 0 atom stereocenters. The molecule has 0 unspecified atom stereocenters. The molecule has 0 spiro atoms. The van der Waals surface area contributed by atoms with Crippen LogP contribution in [-0.2, 0) is 11.3 Å². The molecule has 0 aliphatic carbocycles. The Hall–Kier alpha value is -2.83. The Morgan fingerprint density at radius 3 is 3.05 bits per heavy atom. The van der Waals surface area contributed by atoms with Crippen molar-refractivity contribution in [2.24, 2.45) is 0 Å². The standard InChI is InChI=1S/C13H11N3O4/c1-18-12(17)10-6-5-9(20-10)8-19-13-15-14-11-4-2-3-7-16(11)13/h2-7H,8H2,1H3. The Kier molecular flexibility index (Phi) is 3.08.